The van der Waals surface area contributed by atoms with Gasteiger partial charge in [0.25, 0.3) is 5.56 Å². The molecular formula is C15H17NO3. The van der Waals surface area contributed by atoms with Gasteiger partial charge >= 0.3 is 0 Å². The summed E-state index contributed by atoms with van der Waals surface area (Å²) in [6.45, 7) is 3.57. The van der Waals surface area contributed by atoms with Crippen LogP contribution in [0.1, 0.15) is 19.4 Å². The fourth-order valence-corrected chi connectivity index (χ4v) is 2.08. The van der Waals surface area contributed by atoms with Crippen LogP contribution in [0.3, 0.4) is 0 Å². The van der Waals surface area contributed by atoms with E-state index in [9.17, 15) is 14.7 Å². The Morgan fingerprint density at radius 2 is 1.95 bits per heavy atom. The van der Waals surface area contributed by atoms with Crippen molar-refractivity contribution in [2.24, 2.45) is 13.0 Å². The summed E-state index contributed by atoms with van der Waals surface area (Å²) >= 11 is 0. The topological polar surface area (TPSA) is 59.3 Å². The van der Waals surface area contributed by atoms with E-state index in [4.69, 9.17) is 0 Å². The number of benzene rings is 1. The molecule has 4 nitrogen and oxygen atoms in total. The Labute approximate surface area is 111 Å². The average molecular weight is 259 g/mol. The van der Waals surface area contributed by atoms with Gasteiger partial charge in [-0.1, -0.05) is 26.0 Å². The molecule has 0 bridgehead atoms. The number of aromatic hydroxyl groups is 1. The molecule has 0 amide bonds. The SMILES string of the molecule is CC(C)C(=O)Cc1c(O)c2ccccc2n(C)c1=O. The van der Waals surface area contributed by atoms with E-state index in [1.165, 1.54) is 4.57 Å². The van der Waals surface area contributed by atoms with Crippen molar-refractivity contribution >= 4 is 16.7 Å². The van der Waals surface area contributed by atoms with Gasteiger partial charge in [0, 0.05) is 24.8 Å². The molecule has 1 aromatic carbocycles. The molecule has 0 saturated carbocycles. The van der Waals surface area contributed by atoms with Crippen molar-refractivity contribution in [3.05, 3.63) is 40.2 Å². The summed E-state index contributed by atoms with van der Waals surface area (Å²) in [6, 6.07) is 7.11. The predicted octanol–water partition coefficient (Wildman–Crippen LogP) is 2.01. The molecule has 100 valence electrons. The van der Waals surface area contributed by atoms with Crippen LogP contribution in [0.25, 0.3) is 10.9 Å². The third-order valence-corrected chi connectivity index (χ3v) is 3.36. The van der Waals surface area contributed by atoms with Gasteiger partial charge in [0.05, 0.1) is 11.1 Å². The maximum Gasteiger partial charge on any atom is 0.258 e. The quantitative estimate of drug-likeness (QED) is 0.917. The number of fused-ring (bicyclic) bond motifs is 1. The summed E-state index contributed by atoms with van der Waals surface area (Å²) < 4.78 is 1.47. The third kappa shape index (κ3) is 2.26. The van der Waals surface area contributed by atoms with E-state index in [2.05, 4.69) is 0 Å². The number of nitrogens with zero attached hydrogens (tertiary/aromatic N) is 1. The van der Waals surface area contributed by atoms with Crippen LogP contribution in [0.2, 0.25) is 0 Å². The van der Waals surface area contributed by atoms with Crippen LogP contribution < -0.4 is 5.56 Å². The number of rotatable bonds is 3. The molecule has 0 aliphatic heterocycles. The number of para-hydroxylation sites is 1. The van der Waals surface area contributed by atoms with Crippen LogP contribution in [0.5, 0.6) is 5.75 Å². The highest BCUT2D eigenvalue weighted by atomic mass is 16.3. The normalized spacial score (nSPS) is 11.2. The van der Waals surface area contributed by atoms with Crippen LogP contribution >= 0.6 is 0 Å². The van der Waals surface area contributed by atoms with Gasteiger partial charge in [-0.25, -0.2) is 0 Å². The molecule has 2 rings (SSSR count). The molecular weight excluding hydrogens is 242 g/mol. The number of carbonyl (C=O) groups is 1. The largest absolute Gasteiger partial charge is 0.507 e. The maximum atomic E-state index is 12.2. The number of aryl methyl sites for hydroxylation is 1. The number of ketones is 1. The van der Waals surface area contributed by atoms with Crippen molar-refractivity contribution in [1.29, 1.82) is 0 Å². The van der Waals surface area contributed by atoms with Gasteiger partial charge in [-0.15, -0.1) is 0 Å². The van der Waals surface area contributed by atoms with Crippen LogP contribution in [-0.2, 0) is 18.3 Å². The van der Waals surface area contributed by atoms with Crippen molar-refractivity contribution in [3.8, 4) is 5.75 Å². The first kappa shape index (κ1) is 13.3. The van der Waals surface area contributed by atoms with Crippen molar-refractivity contribution in [3.63, 3.8) is 0 Å². The molecule has 19 heavy (non-hydrogen) atoms. The van der Waals surface area contributed by atoms with Crippen LogP contribution in [0.4, 0.5) is 0 Å². The van der Waals surface area contributed by atoms with Crippen molar-refractivity contribution in [1.82, 2.24) is 4.57 Å². The minimum absolute atomic E-state index is 0.0268. The van der Waals surface area contributed by atoms with Crippen LogP contribution in [0, 0.1) is 5.92 Å². The average Bonchev–Trinajstić information content (AvgIpc) is 2.40. The molecule has 0 atom stereocenters. The molecule has 0 fully saturated rings. The monoisotopic (exact) mass is 259 g/mol. The first-order valence-corrected chi connectivity index (χ1v) is 6.25. The minimum atomic E-state index is -0.315. The van der Waals surface area contributed by atoms with Gasteiger partial charge in [0.1, 0.15) is 11.5 Å². The van der Waals surface area contributed by atoms with Crippen molar-refractivity contribution in [2.45, 2.75) is 20.3 Å². The van der Waals surface area contributed by atoms with E-state index < -0.39 is 0 Å². The van der Waals surface area contributed by atoms with E-state index in [1.807, 2.05) is 0 Å². The fraction of sp³-hybridized carbons (Fsp3) is 0.333. The Balaban J connectivity index is 2.69. The van der Waals surface area contributed by atoms with Gasteiger partial charge < -0.3 is 9.67 Å². The lowest BCUT2D eigenvalue weighted by atomic mass is 10.00. The molecule has 1 heterocycles. The highest BCUT2D eigenvalue weighted by Gasteiger charge is 2.18. The van der Waals surface area contributed by atoms with Crippen molar-refractivity contribution < 1.29 is 9.90 Å². The highest BCUT2D eigenvalue weighted by molar-refractivity contribution is 5.89. The van der Waals surface area contributed by atoms with Gasteiger partial charge in [-0.2, -0.15) is 0 Å². The van der Waals surface area contributed by atoms with E-state index in [1.54, 1.807) is 45.2 Å². The number of pyridine rings is 1. The molecule has 0 aliphatic carbocycles. The van der Waals surface area contributed by atoms with Crippen LogP contribution in [-0.4, -0.2) is 15.5 Å². The second-order valence-electron chi connectivity index (χ2n) is 5.01. The lowest BCUT2D eigenvalue weighted by Crippen LogP contribution is -2.24. The molecule has 0 aliphatic rings. The summed E-state index contributed by atoms with van der Waals surface area (Å²) in [5.74, 6) is -0.286. The number of Topliss-reactive ketones (excluding diaryl/α,β-unsaturated/α-hetero) is 1. The Hall–Kier alpha value is -2.10. The van der Waals surface area contributed by atoms with E-state index in [0.29, 0.717) is 10.9 Å². The van der Waals surface area contributed by atoms with E-state index in [-0.39, 0.29) is 35.0 Å². The Morgan fingerprint density at radius 3 is 2.58 bits per heavy atom. The zero-order chi connectivity index (χ0) is 14.2. The fourth-order valence-electron chi connectivity index (χ4n) is 2.08. The molecule has 0 spiro atoms. The smallest absolute Gasteiger partial charge is 0.258 e. The summed E-state index contributed by atoms with van der Waals surface area (Å²) in [4.78, 5) is 24.0. The second-order valence-corrected chi connectivity index (χ2v) is 5.01. The number of aromatic nitrogens is 1. The number of hydrogen-bond acceptors (Lipinski definition) is 3. The summed E-state index contributed by atoms with van der Waals surface area (Å²) in [6.07, 6.45) is -0.0268. The summed E-state index contributed by atoms with van der Waals surface area (Å²) in [7, 11) is 1.65. The molecule has 1 aromatic heterocycles. The second kappa shape index (κ2) is 4.88. The highest BCUT2D eigenvalue weighted by Crippen LogP contribution is 2.26. The number of hydrogen-bond donors (Lipinski definition) is 1. The number of carbonyl (C=O) groups excluding carboxylic acids is 1. The van der Waals surface area contributed by atoms with Gasteiger partial charge in [0.15, 0.2) is 0 Å². The van der Waals surface area contributed by atoms with E-state index in [0.717, 1.165) is 0 Å². The van der Waals surface area contributed by atoms with Gasteiger partial charge in [0.2, 0.25) is 0 Å². The molecule has 0 saturated heterocycles. The van der Waals surface area contributed by atoms with Crippen molar-refractivity contribution in [2.75, 3.05) is 0 Å². The minimum Gasteiger partial charge on any atom is -0.507 e. The molecule has 0 radical (unpaired) electrons. The lowest BCUT2D eigenvalue weighted by Gasteiger charge is -2.12. The Bertz CT molecular complexity index is 698. The molecule has 2 aromatic rings. The van der Waals surface area contributed by atoms with Crippen LogP contribution in [0.15, 0.2) is 29.1 Å². The lowest BCUT2D eigenvalue weighted by molar-refractivity contribution is -0.121. The molecule has 1 N–H and O–H groups in total. The van der Waals surface area contributed by atoms with E-state index >= 15 is 0 Å². The zero-order valence-corrected chi connectivity index (χ0v) is 11.3. The summed E-state index contributed by atoms with van der Waals surface area (Å²) in [5.41, 5.74) is 0.524. The standard InChI is InChI=1S/C15H17NO3/c1-9(2)13(17)8-11-14(18)10-6-4-5-7-12(10)16(3)15(11)19/h4-7,9,18H,8H2,1-3H3. The van der Waals surface area contributed by atoms with Gasteiger partial charge in [-0.05, 0) is 12.1 Å². The first-order valence-electron chi connectivity index (χ1n) is 6.25. The maximum absolute atomic E-state index is 12.2. The van der Waals surface area contributed by atoms with Gasteiger partial charge in [-0.3, -0.25) is 9.59 Å². The predicted molar refractivity (Wildman–Crippen MR) is 74.4 cm³/mol. The Morgan fingerprint density at radius 1 is 1.32 bits per heavy atom. The third-order valence-electron chi connectivity index (χ3n) is 3.36. The first-order chi connectivity index (χ1) is 8.93. The Kier molecular flexibility index (Phi) is 3.42. The molecule has 0 unspecified atom stereocenters. The zero-order valence-electron chi connectivity index (χ0n) is 11.3. The molecule has 4 heteroatoms. The summed E-state index contributed by atoms with van der Waals surface area (Å²) in [5, 5.41) is 10.8.